The quantitative estimate of drug-likeness (QED) is 0.364. The van der Waals surface area contributed by atoms with Crippen LogP contribution in [-0.2, 0) is 4.74 Å². The number of hydrogen-bond donors (Lipinski definition) is 3. The summed E-state index contributed by atoms with van der Waals surface area (Å²) in [6.45, 7) is 8.66. The van der Waals surface area contributed by atoms with Crippen molar-refractivity contribution in [3.8, 4) is 0 Å². The minimum Gasteiger partial charge on any atom is -0.396 e. The molecule has 0 aliphatic carbocycles. The van der Waals surface area contributed by atoms with Crippen LogP contribution in [0.1, 0.15) is 85.5 Å². The molecule has 3 unspecified atom stereocenters. The second kappa shape index (κ2) is 15.0. The van der Waals surface area contributed by atoms with E-state index in [4.69, 9.17) is 4.74 Å². The van der Waals surface area contributed by atoms with Gasteiger partial charge in [-0.1, -0.05) is 72.6 Å². The van der Waals surface area contributed by atoms with Crippen molar-refractivity contribution < 1.29 is 20.1 Å². The summed E-state index contributed by atoms with van der Waals surface area (Å²) >= 11 is 0. The van der Waals surface area contributed by atoms with Crippen molar-refractivity contribution in [1.29, 1.82) is 0 Å². The van der Waals surface area contributed by atoms with E-state index in [1.807, 2.05) is 0 Å². The van der Waals surface area contributed by atoms with E-state index in [1.165, 1.54) is 25.7 Å². The van der Waals surface area contributed by atoms with Gasteiger partial charge in [0.2, 0.25) is 0 Å². The SMILES string of the molecule is CCCCC(CC)COC(CC(CC)CCCC)C(CO)(CO)CO. The lowest BCUT2D eigenvalue weighted by Gasteiger charge is -2.38. The Morgan fingerprint density at radius 3 is 1.64 bits per heavy atom. The first kappa shape index (κ1) is 24.8. The van der Waals surface area contributed by atoms with Gasteiger partial charge in [-0.15, -0.1) is 0 Å². The molecule has 0 rings (SSSR count). The summed E-state index contributed by atoms with van der Waals surface area (Å²) in [5.74, 6) is 1.01. The van der Waals surface area contributed by atoms with Gasteiger partial charge in [0.05, 0.1) is 31.3 Å². The van der Waals surface area contributed by atoms with E-state index in [9.17, 15) is 15.3 Å². The predicted octanol–water partition coefficient (Wildman–Crippen LogP) is 4.16. The Morgan fingerprint density at radius 2 is 1.24 bits per heavy atom. The molecule has 25 heavy (non-hydrogen) atoms. The maximum atomic E-state index is 9.87. The molecule has 3 N–H and O–H groups in total. The van der Waals surface area contributed by atoms with Gasteiger partial charge in [0.15, 0.2) is 0 Å². The summed E-state index contributed by atoms with van der Waals surface area (Å²) in [7, 11) is 0. The van der Waals surface area contributed by atoms with E-state index in [0.717, 1.165) is 32.1 Å². The maximum Gasteiger partial charge on any atom is 0.0700 e. The molecule has 152 valence electrons. The maximum absolute atomic E-state index is 9.87. The molecule has 0 aliphatic rings. The van der Waals surface area contributed by atoms with E-state index in [0.29, 0.717) is 18.4 Å². The Labute approximate surface area is 156 Å². The molecule has 3 atom stereocenters. The van der Waals surface area contributed by atoms with Crippen LogP contribution in [-0.4, -0.2) is 47.9 Å². The first-order valence-electron chi connectivity index (χ1n) is 10.5. The average Bonchev–Trinajstić information content (AvgIpc) is 2.66. The molecular weight excluding hydrogens is 316 g/mol. The van der Waals surface area contributed by atoms with E-state index in [-0.39, 0.29) is 25.9 Å². The highest BCUT2D eigenvalue weighted by molar-refractivity contribution is 4.88. The first-order chi connectivity index (χ1) is 12.1. The molecule has 0 saturated heterocycles. The number of aliphatic hydroxyl groups excluding tert-OH is 3. The van der Waals surface area contributed by atoms with Crippen LogP contribution in [0.25, 0.3) is 0 Å². The van der Waals surface area contributed by atoms with Crippen molar-refractivity contribution in [2.75, 3.05) is 26.4 Å². The van der Waals surface area contributed by atoms with Crippen LogP contribution in [0.3, 0.4) is 0 Å². The average molecular weight is 361 g/mol. The van der Waals surface area contributed by atoms with Gasteiger partial charge in [-0.05, 0) is 24.7 Å². The Kier molecular flexibility index (Phi) is 14.9. The van der Waals surface area contributed by atoms with Crippen LogP contribution in [0.2, 0.25) is 0 Å². The lowest BCUT2D eigenvalue weighted by atomic mass is 9.78. The van der Waals surface area contributed by atoms with Gasteiger partial charge in [-0.2, -0.15) is 0 Å². The number of rotatable bonds is 17. The Morgan fingerprint density at radius 1 is 0.760 bits per heavy atom. The highest BCUT2D eigenvalue weighted by Gasteiger charge is 2.39. The smallest absolute Gasteiger partial charge is 0.0700 e. The van der Waals surface area contributed by atoms with Gasteiger partial charge in [-0.25, -0.2) is 0 Å². The number of ether oxygens (including phenoxy) is 1. The van der Waals surface area contributed by atoms with Crippen molar-refractivity contribution in [3.05, 3.63) is 0 Å². The highest BCUT2D eigenvalue weighted by atomic mass is 16.5. The zero-order valence-electron chi connectivity index (χ0n) is 17.2. The molecule has 4 nitrogen and oxygen atoms in total. The second-order valence-corrected chi connectivity index (χ2v) is 7.73. The molecule has 0 aromatic heterocycles. The molecule has 4 heteroatoms. The number of hydrogen-bond acceptors (Lipinski definition) is 4. The topological polar surface area (TPSA) is 69.9 Å². The molecule has 0 radical (unpaired) electrons. The fourth-order valence-corrected chi connectivity index (χ4v) is 3.38. The molecule has 0 fully saturated rings. The van der Waals surface area contributed by atoms with Crippen LogP contribution >= 0.6 is 0 Å². The molecule has 0 bridgehead atoms. The Bertz CT molecular complexity index is 283. The first-order valence-corrected chi connectivity index (χ1v) is 10.5. The summed E-state index contributed by atoms with van der Waals surface area (Å²) in [6, 6.07) is 0. The molecular formula is C21H44O4. The minimum atomic E-state index is -0.956. The third kappa shape index (κ3) is 8.85. The lowest BCUT2D eigenvalue weighted by Crippen LogP contribution is -2.48. The summed E-state index contributed by atoms with van der Waals surface area (Å²) in [6.07, 6.45) is 9.65. The minimum absolute atomic E-state index is 0.249. The summed E-state index contributed by atoms with van der Waals surface area (Å²) in [5, 5.41) is 29.6. The molecule has 0 heterocycles. The van der Waals surface area contributed by atoms with Gasteiger partial charge in [0.25, 0.3) is 0 Å². The van der Waals surface area contributed by atoms with Gasteiger partial charge < -0.3 is 20.1 Å². The fourth-order valence-electron chi connectivity index (χ4n) is 3.38. The van der Waals surface area contributed by atoms with Gasteiger partial charge >= 0.3 is 0 Å². The monoisotopic (exact) mass is 360 g/mol. The van der Waals surface area contributed by atoms with E-state index in [1.54, 1.807) is 0 Å². The highest BCUT2D eigenvalue weighted by Crippen LogP contribution is 2.32. The van der Waals surface area contributed by atoms with Crippen LogP contribution in [0.5, 0.6) is 0 Å². The zero-order valence-corrected chi connectivity index (χ0v) is 17.2. The van der Waals surface area contributed by atoms with Crippen LogP contribution in [0, 0.1) is 17.3 Å². The van der Waals surface area contributed by atoms with Crippen molar-refractivity contribution in [1.82, 2.24) is 0 Å². The van der Waals surface area contributed by atoms with E-state index < -0.39 is 5.41 Å². The van der Waals surface area contributed by atoms with Crippen molar-refractivity contribution >= 4 is 0 Å². The van der Waals surface area contributed by atoms with Crippen molar-refractivity contribution in [2.45, 2.75) is 91.6 Å². The van der Waals surface area contributed by atoms with E-state index >= 15 is 0 Å². The van der Waals surface area contributed by atoms with E-state index in [2.05, 4.69) is 27.7 Å². The molecule has 0 aromatic rings. The number of unbranched alkanes of at least 4 members (excludes halogenated alkanes) is 2. The summed E-state index contributed by atoms with van der Waals surface area (Å²) in [5.41, 5.74) is -0.956. The third-order valence-electron chi connectivity index (χ3n) is 5.79. The Balaban J connectivity index is 5.04. The van der Waals surface area contributed by atoms with Crippen LogP contribution < -0.4 is 0 Å². The molecule has 0 amide bonds. The van der Waals surface area contributed by atoms with Gasteiger partial charge in [-0.3, -0.25) is 0 Å². The summed E-state index contributed by atoms with van der Waals surface area (Å²) in [4.78, 5) is 0. The van der Waals surface area contributed by atoms with Crippen molar-refractivity contribution in [3.63, 3.8) is 0 Å². The van der Waals surface area contributed by atoms with Crippen LogP contribution in [0.4, 0.5) is 0 Å². The predicted molar refractivity (Wildman–Crippen MR) is 105 cm³/mol. The molecule has 0 saturated carbocycles. The lowest BCUT2D eigenvalue weighted by molar-refractivity contribution is -0.128. The third-order valence-corrected chi connectivity index (χ3v) is 5.79. The molecule has 0 aliphatic heterocycles. The standard InChI is InChI=1S/C21H44O4/c1-5-9-11-18(7-3)13-20(21(15-22,16-23)17-24)25-14-19(8-4)12-10-6-2/h18-20,22-24H,5-17H2,1-4H3. The second-order valence-electron chi connectivity index (χ2n) is 7.73. The number of aliphatic hydroxyl groups is 3. The van der Waals surface area contributed by atoms with Gasteiger partial charge in [0, 0.05) is 6.61 Å². The zero-order chi connectivity index (χ0) is 19.1. The molecule has 0 spiro atoms. The largest absolute Gasteiger partial charge is 0.396 e. The summed E-state index contributed by atoms with van der Waals surface area (Å²) < 4.78 is 6.26. The van der Waals surface area contributed by atoms with Gasteiger partial charge in [0.1, 0.15) is 0 Å². The molecule has 0 aromatic carbocycles. The normalized spacial score (nSPS) is 16.0. The Hall–Kier alpha value is -0.160. The van der Waals surface area contributed by atoms with Crippen molar-refractivity contribution in [2.24, 2.45) is 17.3 Å². The van der Waals surface area contributed by atoms with Crippen LogP contribution in [0.15, 0.2) is 0 Å². The fraction of sp³-hybridized carbons (Fsp3) is 1.00.